The van der Waals surface area contributed by atoms with E-state index in [1.165, 1.54) is 7.11 Å². The molecule has 3 N–H and O–H groups in total. The number of hydrogen-bond acceptors (Lipinski definition) is 3. The molecule has 1 heterocycles. The molecule has 104 valence electrons. The van der Waals surface area contributed by atoms with Gasteiger partial charge in [-0.1, -0.05) is 12.1 Å². The van der Waals surface area contributed by atoms with Gasteiger partial charge in [-0.05, 0) is 25.5 Å². The Morgan fingerprint density at radius 1 is 1.58 bits per heavy atom. The summed E-state index contributed by atoms with van der Waals surface area (Å²) < 4.78 is 19.1. The van der Waals surface area contributed by atoms with Crippen molar-refractivity contribution < 1.29 is 9.13 Å². The normalized spacial score (nSPS) is 20.2. The lowest BCUT2D eigenvalue weighted by atomic mass is 9.96. The molecular formula is C14H20FN3O. The average molecular weight is 265 g/mol. The van der Waals surface area contributed by atoms with Gasteiger partial charge >= 0.3 is 0 Å². The molecule has 2 rings (SSSR count). The molecule has 1 fully saturated rings. The molecule has 0 spiro atoms. The molecule has 0 saturated carbocycles. The Morgan fingerprint density at radius 2 is 2.37 bits per heavy atom. The third-order valence-corrected chi connectivity index (χ3v) is 3.60. The molecule has 0 amide bonds. The molecule has 1 aliphatic heterocycles. The second-order valence-corrected chi connectivity index (χ2v) is 4.96. The predicted molar refractivity (Wildman–Crippen MR) is 72.9 cm³/mol. The van der Waals surface area contributed by atoms with E-state index in [4.69, 9.17) is 15.9 Å². The number of piperidine rings is 1. The van der Waals surface area contributed by atoms with Crippen LogP contribution in [0, 0.1) is 17.1 Å². The van der Waals surface area contributed by atoms with Crippen molar-refractivity contribution in [3.63, 3.8) is 0 Å². The number of methoxy groups -OCH3 is 1. The van der Waals surface area contributed by atoms with E-state index in [1.807, 2.05) is 0 Å². The summed E-state index contributed by atoms with van der Waals surface area (Å²) in [5.74, 6) is 0.311. The fourth-order valence-electron chi connectivity index (χ4n) is 2.53. The van der Waals surface area contributed by atoms with Crippen LogP contribution in [0.15, 0.2) is 18.2 Å². The lowest BCUT2D eigenvalue weighted by Crippen LogP contribution is -2.40. The number of benzene rings is 1. The summed E-state index contributed by atoms with van der Waals surface area (Å²) in [6.45, 7) is 2.18. The molecule has 1 aliphatic rings. The Bertz CT molecular complexity index is 464. The highest BCUT2D eigenvalue weighted by Crippen LogP contribution is 2.23. The van der Waals surface area contributed by atoms with Crippen LogP contribution in [0.2, 0.25) is 0 Å². The van der Waals surface area contributed by atoms with Crippen molar-refractivity contribution in [1.29, 1.82) is 5.41 Å². The first kappa shape index (κ1) is 13.8. The van der Waals surface area contributed by atoms with Crippen LogP contribution < -0.4 is 10.5 Å². The van der Waals surface area contributed by atoms with E-state index in [-0.39, 0.29) is 23.3 Å². The fraction of sp³-hybridized carbons (Fsp3) is 0.500. The number of nitrogens with two attached hydrogens (primary N) is 1. The fourth-order valence-corrected chi connectivity index (χ4v) is 2.53. The van der Waals surface area contributed by atoms with Crippen molar-refractivity contribution in [1.82, 2.24) is 4.90 Å². The standard InChI is InChI=1S/C14H20FN3O/c1-19-12-6-2-4-10(13(12)15)8-18-7-3-5-11(9-18)14(16)17/h2,4,6,11H,3,5,7-9H2,1H3,(H3,16,17). The zero-order valence-electron chi connectivity index (χ0n) is 11.2. The SMILES string of the molecule is COc1cccc(CN2CCCC(C(=N)N)C2)c1F. The molecule has 1 aromatic rings. The maximum absolute atomic E-state index is 14.1. The van der Waals surface area contributed by atoms with Crippen LogP contribution in [0.4, 0.5) is 4.39 Å². The maximum atomic E-state index is 14.1. The lowest BCUT2D eigenvalue weighted by molar-refractivity contribution is 0.193. The smallest absolute Gasteiger partial charge is 0.169 e. The van der Waals surface area contributed by atoms with E-state index in [2.05, 4.69) is 4.90 Å². The second kappa shape index (κ2) is 6.02. The second-order valence-electron chi connectivity index (χ2n) is 4.96. The largest absolute Gasteiger partial charge is 0.494 e. The molecule has 5 heteroatoms. The van der Waals surface area contributed by atoms with E-state index in [0.29, 0.717) is 12.1 Å². The summed E-state index contributed by atoms with van der Waals surface area (Å²) in [5.41, 5.74) is 6.19. The van der Waals surface area contributed by atoms with Crippen molar-refractivity contribution in [2.24, 2.45) is 11.7 Å². The van der Waals surface area contributed by atoms with Gasteiger partial charge in [-0.15, -0.1) is 0 Å². The summed E-state index contributed by atoms with van der Waals surface area (Å²) >= 11 is 0. The van der Waals surface area contributed by atoms with Crippen LogP contribution in [-0.2, 0) is 6.54 Å². The molecule has 1 unspecified atom stereocenters. The molecule has 4 nitrogen and oxygen atoms in total. The third kappa shape index (κ3) is 3.23. The van der Waals surface area contributed by atoms with Gasteiger partial charge in [0.05, 0.1) is 12.9 Å². The van der Waals surface area contributed by atoms with Crippen molar-refractivity contribution in [3.05, 3.63) is 29.6 Å². The number of nitrogens with zero attached hydrogens (tertiary/aromatic N) is 1. The predicted octanol–water partition coefficient (Wildman–Crippen LogP) is 1.98. The Hall–Kier alpha value is -1.62. The van der Waals surface area contributed by atoms with Crippen LogP contribution >= 0.6 is 0 Å². The summed E-state index contributed by atoms with van der Waals surface area (Å²) in [7, 11) is 1.47. The number of likely N-dealkylation sites (tertiary alicyclic amines) is 1. The molecule has 0 aromatic heterocycles. The van der Waals surface area contributed by atoms with Gasteiger partial charge in [-0.3, -0.25) is 10.3 Å². The molecule has 1 atom stereocenters. The van der Waals surface area contributed by atoms with E-state index in [1.54, 1.807) is 18.2 Å². The topological polar surface area (TPSA) is 62.3 Å². The first-order chi connectivity index (χ1) is 9.11. The number of halogens is 1. The minimum absolute atomic E-state index is 0.0995. The molecule has 1 aromatic carbocycles. The Kier molecular flexibility index (Phi) is 4.37. The molecule has 1 saturated heterocycles. The molecule has 19 heavy (non-hydrogen) atoms. The van der Waals surface area contributed by atoms with Gasteiger partial charge in [-0.25, -0.2) is 4.39 Å². The van der Waals surface area contributed by atoms with Gasteiger partial charge < -0.3 is 10.5 Å². The summed E-state index contributed by atoms with van der Waals surface area (Å²) in [5, 5.41) is 7.52. The van der Waals surface area contributed by atoms with E-state index in [9.17, 15) is 4.39 Å². The van der Waals surface area contributed by atoms with Crippen LogP contribution in [0.1, 0.15) is 18.4 Å². The number of nitrogens with one attached hydrogen (secondary N) is 1. The number of amidine groups is 1. The third-order valence-electron chi connectivity index (χ3n) is 3.60. The van der Waals surface area contributed by atoms with Crippen LogP contribution in [-0.4, -0.2) is 30.9 Å². The van der Waals surface area contributed by atoms with E-state index >= 15 is 0 Å². The number of rotatable bonds is 4. The quantitative estimate of drug-likeness (QED) is 0.646. The van der Waals surface area contributed by atoms with Gasteiger partial charge in [0.2, 0.25) is 0 Å². The Balaban J connectivity index is 2.06. The monoisotopic (exact) mass is 265 g/mol. The first-order valence-corrected chi connectivity index (χ1v) is 6.49. The van der Waals surface area contributed by atoms with Crippen molar-refractivity contribution >= 4 is 5.84 Å². The van der Waals surface area contributed by atoms with E-state index in [0.717, 1.165) is 25.9 Å². The van der Waals surface area contributed by atoms with Gasteiger partial charge in [-0.2, -0.15) is 0 Å². The van der Waals surface area contributed by atoms with Crippen LogP contribution in [0.25, 0.3) is 0 Å². The summed E-state index contributed by atoms with van der Waals surface area (Å²) in [6, 6.07) is 5.19. The zero-order valence-corrected chi connectivity index (χ0v) is 11.2. The van der Waals surface area contributed by atoms with Gasteiger partial charge in [0.25, 0.3) is 0 Å². The van der Waals surface area contributed by atoms with Crippen molar-refractivity contribution in [3.8, 4) is 5.75 Å². The molecular weight excluding hydrogens is 245 g/mol. The average Bonchev–Trinajstić information content (AvgIpc) is 2.41. The lowest BCUT2D eigenvalue weighted by Gasteiger charge is -2.32. The molecule has 0 aliphatic carbocycles. The summed E-state index contributed by atoms with van der Waals surface area (Å²) in [4.78, 5) is 2.15. The van der Waals surface area contributed by atoms with E-state index < -0.39 is 0 Å². The highest BCUT2D eigenvalue weighted by Gasteiger charge is 2.23. The van der Waals surface area contributed by atoms with Crippen LogP contribution in [0.3, 0.4) is 0 Å². The van der Waals surface area contributed by atoms with Gasteiger partial charge in [0.15, 0.2) is 11.6 Å². The number of ether oxygens (including phenoxy) is 1. The van der Waals surface area contributed by atoms with Crippen molar-refractivity contribution in [2.75, 3.05) is 20.2 Å². The van der Waals surface area contributed by atoms with Gasteiger partial charge in [0, 0.05) is 24.6 Å². The van der Waals surface area contributed by atoms with Crippen LogP contribution in [0.5, 0.6) is 5.75 Å². The highest BCUT2D eigenvalue weighted by molar-refractivity contribution is 5.79. The minimum atomic E-state index is -0.296. The minimum Gasteiger partial charge on any atom is -0.494 e. The Morgan fingerprint density at radius 3 is 3.05 bits per heavy atom. The zero-order chi connectivity index (χ0) is 13.8. The summed E-state index contributed by atoms with van der Waals surface area (Å²) in [6.07, 6.45) is 1.95. The highest BCUT2D eigenvalue weighted by atomic mass is 19.1. The molecule has 0 bridgehead atoms. The number of hydrogen-bond donors (Lipinski definition) is 2. The molecule has 0 radical (unpaired) electrons. The first-order valence-electron chi connectivity index (χ1n) is 6.49. The Labute approximate surface area is 112 Å². The van der Waals surface area contributed by atoms with Gasteiger partial charge in [0.1, 0.15) is 0 Å². The maximum Gasteiger partial charge on any atom is 0.169 e. The van der Waals surface area contributed by atoms with Crippen molar-refractivity contribution in [2.45, 2.75) is 19.4 Å².